The van der Waals surface area contributed by atoms with E-state index in [0.717, 1.165) is 24.1 Å². The molecule has 172 valence electrons. The quantitative estimate of drug-likeness (QED) is 0.597. The molecule has 2 aliphatic rings. The number of amides is 1. The van der Waals surface area contributed by atoms with E-state index in [1.807, 2.05) is 7.05 Å². The van der Waals surface area contributed by atoms with Crippen molar-refractivity contribution in [2.24, 2.45) is 0 Å². The van der Waals surface area contributed by atoms with E-state index in [4.69, 9.17) is 35.1 Å². The number of nitrogens with zero attached hydrogens (tertiary/aromatic N) is 2. The summed E-state index contributed by atoms with van der Waals surface area (Å²) in [6.07, 6.45) is 0.725. The summed E-state index contributed by atoms with van der Waals surface area (Å²) in [6.45, 7) is 1.56. The summed E-state index contributed by atoms with van der Waals surface area (Å²) in [5, 5.41) is 7.34. The van der Waals surface area contributed by atoms with Crippen LogP contribution in [0.4, 0.5) is 5.69 Å². The maximum absolute atomic E-state index is 13.1. The first kappa shape index (κ1) is 21.4. The molecule has 5 rings (SSSR count). The predicted octanol–water partition coefficient (Wildman–Crippen LogP) is 3.98. The van der Waals surface area contributed by atoms with Crippen LogP contribution in [-0.2, 0) is 13.0 Å². The second kappa shape index (κ2) is 8.49. The summed E-state index contributed by atoms with van der Waals surface area (Å²) in [5.41, 5.74) is 3.32. The molecule has 1 N–H and O–H groups in total. The number of carbonyl (C=O) groups excluding carboxylic acids is 1. The average molecular weight is 472 g/mol. The van der Waals surface area contributed by atoms with Crippen molar-refractivity contribution in [2.45, 2.75) is 13.0 Å². The minimum Gasteiger partial charge on any atom is -0.495 e. The summed E-state index contributed by atoms with van der Waals surface area (Å²) in [4.78, 5) is 15.3. The molecule has 0 radical (unpaired) electrons. The zero-order valence-corrected chi connectivity index (χ0v) is 19.1. The number of nitrogens with one attached hydrogen (secondary N) is 1. The summed E-state index contributed by atoms with van der Waals surface area (Å²) in [5.74, 6) is 2.14. The van der Waals surface area contributed by atoms with Crippen LogP contribution in [0.15, 0.2) is 28.8 Å². The normalized spacial score (nSPS) is 14.7. The van der Waals surface area contributed by atoms with Crippen molar-refractivity contribution in [2.75, 3.05) is 39.9 Å². The van der Waals surface area contributed by atoms with Crippen LogP contribution in [0, 0.1) is 0 Å². The molecule has 0 bridgehead atoms. The Kier molecular flexibility index (Phi) is 5.51. The maximum atomic E-state index is 13.1. The molecule has 0 fully saturated rings. The highest BCUT2D eigenvalue weighted by molar-refractivity contribution is 6.32. The maximum Gasteiger partial charge on any atom is 0.277 e. The van der Waals surface area contributed by atoms with Gasteiger partial charge in [0, 0.05) is 30.3 Å². The number of halogens is 1. The lowest BCUT2D eigenvalue weighted by Crippen LogP contribution is -2.28. The Hall–Kier alpha value is -3.43. The topological polar surface area (TPSA) is 95.3 Å². The number of carbonyl (C=O) groups is 1. The molecule has 1 aromatic heterocycles. The van der Waals surface area contributed by atoms with Gasteiger partial charge in [-0.05, 0) is 37.2 Å². The molecule has 0 saturated heterocycles. The van der Waals surface area contributed by atoms with Crippen molar-refractivity contribution >= 4 is 23.2 Å². The van der Waals surface area contributed by atoms with Crippen LogP contribution in [0.1, 0.15) is 21.6 Å². The lowest BCUT2D eigenvalue weighted by molar-refractivity contribution is 0.101. The summed E-state index contributed by atoms with van der Waals surface area (Å²) in [7, 11) is 5.18. The first-order valence-electron chi connectivity index (χ1n) is 10.3. The zero-order chi connectivity index (χ0) is 23.1. The van der Waals surface area contributed by atoms with Gasteiger partial charge in [0.1, 0.15) is 5.75 Å². The Balaban J connectivity index is 1.47. The van der Waals surface area contributed by atoms with Crippen LogP contribution in [0.2, 0.25) is 5.02 Å². The van der Waals surface area contributed by atoms with Gasteiger partial charge in [0.25, 0.3) is 5.91 Å². The van der Waals surface area contributed by atoms with E-state index in [0.29, 0.717) is 51.6 Å². The Morgan fingerprint density at radius 3 is 2.73 bits per heavy atom. The number of ether oxygens (including phenoxy) is 4. The number of anilines is 1. The molecule has 0 aliphatic carbocycles. The van der Waals surface area contributed by atoms with Gasteiger partial charge in [0.15, 0.2) is 23.0 Å². The van der Waals surface area contributed by atoms with E-state index >= 15 is 0 Å². The molecule has 0 spiro atoms. The molecular formula is C23H22ClN3O6. The summed E-state index contributed by atoms with van der Waals surface area (Å²) >= 11 is 6.21. The number of methoxy groups -OCH3 is 2. The van der Waals surface area contributed by atoms with E-state index < -0.39 is 5.91 Å². The molecule has 10 heteroatoms. The second-order valence-electron chi connectivity index (χ2n) is 7.80. The van der Waals surface area contributed by atoms with Crippen LogP contribution >= 0.6 is 11.6 Å². The molecule has 33 heavy (non-hydrogen) atoms. The Morgan fingerprint density at radius 2 is 1.97 bits per heavy atom. The predicted molar refractivity (Wildman–Crippen MR) is 121 cm³/mol. The molecular weight excluding hydrogens is 450 g/mol. The fraction of sp³-hybridized carbons (Fsp3) is 0.304. The largest absolute Gasteiger partial charge is 0.495 e. The van der Waals surface area contributed by atoms with Gasteiger partial charge in [-0.1, -0.05) is 16.8 Å². The highest BCUT2D eigenvalue weighted by Gasteiger charge is 2.33. The SMILES string of the molecule is COc1ccc(-c2cc(C(=O)Nc3c4c(c(OC)c5c3OCO5)CN(C)CC4)no2)cc1Cl. The highest BCUT2D eigenvalue weighted by atomic mass is 35.5. The standard InChI is InChI=1S/C23H22ClN3O6/c1-27-7-6-13-14(10-27)20(30-3)22-21(31-11-32-22)19(13)25-23(28)16-9-18(33-26-16)12-4-5-17(29-2)15(24)8-12/h4-5,8-9H,6-7,10-11H2,1-3H3,(H,25,28). The highest BCUT2D eigenvalue weighted by Crippen LogP contribution is 2.52. The van der Waals surface area contributed by atoms with E-state index in [1.165, 1.54) is 0 Å². The number of hydrogen-bond donors (Lipinski definition) is 1. The lowest BCUT2D eigenvalue weighted by Gasteiger charge is -2.29. The fourth-order valence-corrected chi connectivity index (χ4v) is 4.41. The molecule has 1 amide bonds. The number of fused-ring (bicyclic) bond motifs is 2. The van der Waals surface area contributed by atoms with Crippen molar-refractivity contribution in [3.63, 3.8) is 0 Å². The number of hydrogen-bond acceptors (Lipinski definition) is 8. The van der Waals surface area contributed by atoms with Crippen LogP contribution < -0.4 is 24.3 Å². The molecule has 0 unspecified atom stereocenters. The third-order valence-electron chi connectivity index (χ3n) is 5.78. The van der Waals surface area contributed by atoms with E-state index in [-0.39, 0.29) is 12.5 Å². The Morgan fingerprint density at radius 1 is 1.15 bits per heavy atom. The van der Waals surface area contributed by atoms with E-state index in [2.05, 4.69) is 15.4 Å². The van der Waals surface area contributed by atoms with Crippen LogP contribution in [0.25, 0.3) is 11.3 Å². The Bertz CT molecular complexity index is 1240. The van der Waals surface area contributed by atoms with Gasteiger partial charge in [-0.3, -0.25) is 4.79 Å². The number of benzene rings is 2. The third kappa shape index (κ3) is 3.73. The first-order valence-corrected chi connectivity index (χ1v) is 10.7. The smallest absolute Gasteiger partial charge is 0.277 e. The first-order chi connectivity index (χ1) is 16.0. The van der Waals surface area contributed by atoms with Gasteiger partial charge < -0.3 is 33.7 Å². The van der Waals surface area contributed by atoms with Gasteiger partial charge >= 0.3 is 0 Å². The minimum atomic E-state index is -0.423. The zero-order valence-electron chi connectivity index (χ0n) is 18.4. The van der Waals surface area contributed by atoms with Crippen molar-refractivity contribution < 1.29 is 28.3 Å². The second-order valence-corrected chi connectivity index (χ2v) is 8.20. The molecule has 0 atom stereocenters. The number of aromatic nitrogens is 1. The number of likely N-dealkylation sites (N-methyl/N-ethyl adjacent to an activating group) is 1. The van der Waals surface area contributed by atoms with Crippen molar-refractivity contribution in [1.82, 2.24) is 10.1 Å². The average Bonchev–Trinajstić information content (AvgIpc) is 3.49. The van der Waals surface area contributed by atoms with Gasteiger partial charge in [-0.2, -0.15) is 0 Å². The minimum absolute atomic E-state index is 0.0552. The van der Waals surface area contributed by atoms with Crippen LogP contribution in [0.3, 0.4) is 0 Å². The van der Waals surface area contributed by atoms with Gasteiger partial charge in [-0.25, -0.2) is 0 Å². The molecule has 0 saturated carbocycles. The molecule has 2 aliphatic heterocycles. The van der Waals surface area contributed by atoms with Crippen molar-refractivity contribution in [1.29, 1.82) is 0 Å². The molecule has 2 aromatic carbocycles. The monoisotopic (exact) mass is 471 g/mol. The van der Waals surface area contributed by atoms with Gasteiger partial charge in [-0.15, -0.1) is 0 Å². The van der Waals surface area contributed by atoms with E-state index in [9.17, 15) is 4.79 Å². The van der Waals surface area contributed by atoms with Crippen LogP contribution in [-0.4, -0.2) is 50.6 Å². The Labute approximate surface area is 195 Å². The van der Waals surface area contributed by atoms with E-state index in [1.54, 1.807) is 38.5 Å². The van der Waals surface area contributed by atoms with Gasteiger partial charge in [0.2, 0.25) is 12.5 Å². The van der Waals surface area contributed by atoms with Crippen molar-refractivity contribution in [3.8, 4) is 34.3 Å². The third-order valence-corrected chi connectivity index (χ3v) is 6.07. The number of rotatable bonds is 5. The lowest BCUT2D eigenvalue weighted by atomic mass is 9.95. The summed E-state index contributed by atoms with van der Waals surface area (Å²) in [6, 6.07) is 6.76. The fourth-order valence-electron chi connectivity index (χ4n) is 4.15. The summed E-state index contributed by atoms with van der Waals surface area (Å²) < 4.78 is 27.6. The van der Waals surface area contributed by atoms with Gasteiger partial charge in [0.05, 0.1) is 24.9 Å². The molecule has 9 nitrogen and oxygen atoms in total. The van der Waals surface area contributed by atoms with Crippen LogP contribution in [0.5, 0.6) is 23.0 Å². The van der Waals surface area contributed by atoms with Crippen molar-refractivity contribution in [3.05, 3.63) is 46.1 Å². The molecule has 3 aromatic rings. The molecule has 3 heterocycles.